The molecule has 14 heavy (non-hydrogen) atoms. The molecule has 1 aromatic rings. The van der Waals surface area contributed by atoms with Crippen LogP contribution in [0, 0.1) is 0 Å². The number of rotatable bonds is 1. The number of fused-ring (bicyclic) bond motifs is 1. The zero-order chi connectivity index (χ0) is 9.71. The molecule has 2 aliphatic rings. The summed E-state index contributed by atoms with van der Waals surface area (Å²) in [4.78, 5) is 2.35. The number of halogens is 1. The van der Waals surface area contributed by atoms with Gasteiger partial charge in [0.15, 0.2) is 0 Å². The first-order valence-electron chi connectivity index (χ1n) is 5.20. The number of hydrogen-bond acceptors (Lipinski definition) is 2. The molecule has 3 rings (SSSR count). The molecule has 0 bridgehead atoms. The lowest BCUT2D eigenvalue weighted by atomic mass is 10.1. The van der Waals surface area contributed by atoms with Crippen LogP contribution in [-0.2, 0) is 13.0 Å². The van der Waals surface area contributed by atoms with Gasteiger partial charge in [0, 0.05) is 30.8 Å². The Morgan fingerprint density at radius 3 is 2.93 bits per heavy atom. The number of nitrogens with zero attached hydrogens (tertiary/aromatic N) is 3. The second kappa shape index (κ2) is 3.07. The molecule has 0 spiro atoms. The van der Waals surface area contributed by atoms with Crippen molar-refractivity contribution < 1.29 is 0 Å². The summed E-state index contributed by atoms with van der Waals surface area (Å²) >= 11 is 3.57. The van der Waals surface area contributed by atoms with Gasteiger partial charge >= 0.3 is 0 Å². The highest BCUT2D eigenvalue weighted by molar-refractivity contribution is 9.10. The van der Waals surface area contributed by atoms with Gasteiger partial charge in [-0.3, -0.25) is 4.68 Å². The molecule has 76 valence electrons. The van der Waals surface area contributed by atoms with Crippen LogP contribution in [0.5, 0.6) is 0 Å². The van der Waals surface area contributed by atoms with Gasteiger partial charge in [0.1, 0.15) is 4.60 Å². The van der Waals surface area contributed by atoms with E-state index in [1.807, 2.05) is 0 Å². The molecule has 3 nitrogen and oxygen atoms in total. The molecule has 1 aliphatic heterocycles. The van der Waals surface area contributed by atoms with Gasteiger partial charge in [0.2, 0.25) is 0 Å². The molecule has 2 heterocycles. The zero-order valence-electron chi connectivity index (χ0n) is 8.33. The van der Waals surface area contributed by atoms with E-state index in [1.165, 1.54) is 24.1 Å². The van der Waals surface area contributed by atoms with Gasteiger partial charge in [-0.25, -0.2) is 0 Å². The molecule has 4 heteroatoms. The number of likely N-dealkylation sites (N-methyl/N-ethyl adjacent to an activating group) is 1. The smallest absolute Gasteiger partial charge is 0.132 e. The zero-order valence-corrected chi connectivity index (χ0v) is 9.92. The minimum atomic E-state index is 0.707. The fourth-order valence-corrected chi connectivity index (χ4v) is 2.69. The maximum atomic E-state index is 4.60. The summed E-state index contributed by atoms with van der Waals surface area (Å²) in [5.74, 6) is 0. The summed E-state index contributed by atoms with van der Waals surface area (Å²) in [5, 5.41) is 4.60. The Balaban J connectivity index is 2.04. The molecule has 0 atom stereocenters. The fraction of sp³-hybridized carbons (Fsp3) is 0.700. The van der Waals surface area contributed by atoms with Crippen LogP contribution < -0.4 is 0 Å². The topological polar surface area (TPSA) is 21.1 Å². The molecular formula is C10H14BrN3. The predicted molar refractivity (Wildman–Crippen MR) is 58.2 cm³/mol. The minimum Gasteiger partial charge on any atom is -0.302 e. The van der Waals surface area contributed by atoms with E-state index in [-0.39, 0.29) is 0 Å². The summed E-state index contributed by atoms with van der Waals surface area (Å²) in [5.41, 5.74) is 2.88. The highest BCUT2D eigenvalue weighted by atomic mass is 79.9. The standard InChI is InChI=1S/C10H14BrN3/c1-13-5-4-9-8(6-13)10(11)12-14(9)7-2-3-7/h7H,2-6H2,1H3. The lowest BCUT2D eigenvalue weighted by Crippen LogP contribution is -2.27. The molecule has 0 radical (unpaired) electrons. The molecule has 0 N–H and O–H groups in total. The second-order valence-electron chi connectivity index (χ2n) is 4.38. The van der Waals surface area contributed by atoms with Crippen molar-refractivity contribution >= 4 is 15.9 Å². The molecular weight excluding hydrogens is 242 g/mol. The Morgan fingerprint density at radius 1 is 1.43 bits per heavy atom. The molecule has 0 saturated heterocycles. The summed E-state index contributed by atoms with van der Waals surface area (Å²) in [6, 6.07) is 0.707. The normalized spacial score (nSPS) is 22.4. The molecule has 1 fully saturated rings. The Hall–Kier alpha value is -0.350. The summed E-state index contributed by atoms with van der Waals surface area (Å²) < 4.78 is 3.32. The summed E-state index contributed by atoms with van der Waals surface area (Å²) in [6.07, 6.45) is 3.79. The largest absolute Gasteiger partial charge is 0.302 e. The van der Waals surface area contributed by atoms with Crippen molar-refractivity contribution in [2.75, 3.05) is 13.6 Å². The van der Waals surface area contributed by atoms with Crippen LogP contribution >= 0.6 is 15.9 Å². The van der Waals surface area contributed by atoms with Crippen molar-refractivity contribution in [3.8, 4) is 0 Å². The number of hydrogen-bond donors (Lipinski definition) is 0. The average Bonchev–Trinajstić information content (AvgIpc) is 2.94. The highest BCUT2D eigenvalue weighted by Crippen LogP contribution is 2.38. The maximum Gasteiger partial charge on any atom is 0.132 e. The Bertz CT molecular complexity index is 368. The third-order valence-electron chi connectivity index (χ3n) is 3.12. The van der Waals surface area contributed by atoms with Crippen LogP contribution in [-0.4, -0.2) is 28.3 Å². The van der Waals surface area contributed by atoms with Gasteiger partial charge in [0.25, 0.3) is 0 Å². The van der Waals surface area contributed by atoms with Gasteiger partial charge in [0.05, 0.1) is 6.04 Å². The van der Waals surface area contributed by atoms with Crippen LogP contribution in [0.1, 0.15) is 30.1 Å². The van der Waals surface area contributed by atoms with Crippen LogP contribution in [0.4, 0.5) is 0 Å². The molecule has 1 saturated carbocycles. The van der Waals surface area contributed by atoms with Crippen molar-refractivity contribution in [2.45, 2.75) is 31.8 Å². The second-order valence-corrected chi connectivity index (χ2v) is 5.13. The lowest BCUT2D eigenvalue weighted by Gasteiger charge is -2.23. The first kappa shape index (κ1) is 8.92. The van der Waals surface area contributed by atoms with E-state index in [4.69, 9.17) is 0 Å². The minimum absolute atomic E-state index is 0.707. The summed E-state index contributed by atoms with van der Waals surface area (Å²) in [6.45, 7) is 2.21. The van der Waals surface area contributed by atoms with Crippen LogP contribution in [0.25, 0.3) is 0 Å². The Labute approximate surface area is 92.2 Å². The lowest BCUT2D eigenvalue weighted by molar-refractivity contribution is 0.307. The first-order chi connectivity index (χ1) is 6.75. The Morgan fingerprint density at radius 2 is 2.21 bits per heavy atom. The molecule has 0 unspecified atom stereocenters. The van der Waals surface area contributed by atoms with Crippen molar-refractivity contribution in [3.05, 3.63) is 15.9 Å². The Kier molecular flexibility index (Phi) is 1.96. The van der Waals surface area contributed by atoms with Gasteiger partial charge in [-0.15, -0.1) is 0 Å². The molecule has 1 aromatic heterocycles. The van der Waals surface area contributed by atoms with E-state index in [9.17, 15) is 0 Å². The van der Waals surface area contributed by atoms with Gasteiger partial charge < -0.3 is 4.90 Å². The van der Waals surface area contributed by atoms with E-state index < -0.39 is 0 Å². The maximum absolute atomic E-state index is 4.60. The van der Waals surface area contributed by atoms with Crippen LogP contribution in [0.2, 0.25) is 0 Å². The van der Waals surface area contributed by atoms with Crippen molar-refractivity contribution in [1.82, 2.24) is 14.7 Å². The third-order valence-corrected chi connectivity index (χ3v) is 3.76. The van der Waals surface area contributed by atoms with Crippen molar-refractivity contribution in [3.63, 3.8) is 0 Å². The molecule has 0 aromatic carbocycles. The van der Waals surface area contributed by atoms with E-state index in [1.54, 1.807) is 0 Å². The fourth-order valence-electron chi connectivity index (χ4n) is 2.16. The van der Waals surface area contributed by atoms with Gasteiger partial charge in [-0.1, -0.05) is 0 Å². The first-order valence-corrected chi connectivity index (χ1v) is 5.99. The monoisotopic (exact) mass is 255 g/mol. The quantitative estimate of drug-likeness (QED) is 0.766. The van der Waals surface area contributed by atoms with E-state index in [0.717, 1.165) is 24.1 Å². The number of aromatic nitrogens is 2. The van der Waals surface area contributed by atoms with Crippen molar-refractivity contribution in [2.24, 2.45) is 0 Å². The van der Waals surface area contributed by atoms with E-state index in [2.05, 4.69) is 37.7 Å². The SMILES string of the molecule is CN1CCc2c(c(Br)nn2C2CC2)C1. The van der Waals surface area contributed by atoms with E-state index in [0.29, 0.717) is 6.04 Å². The van der Waals surface area contributed by atoms with Gasteiger partial charge in [-0.05, 0) is 35.8 Å². The third kappa shape index (κ3) is 1.32. The molecule has 0 amide bonds. The van der Waals surface area contributed by atoms with Crippen LogP contribution in [0.15, 0.2) is 4.60 Å². The summed E-state index contributed by atoms with van der Waals surface area (Å²) in [7, 11) is 2.17. The van der Waals surface area contributed by atoms with Crippen LogP contribution in [0.3, 0.4) is 0 Å². The highest BCUT2D eigenvalue weighted by Gasteiger charge is 2.31. The van der Waals surface area contributed by atoms with E-state index >= 15 is 0 Å². The predicted octanol–water partition coefficient (Wildman–Crippen LogP) is 1.97. The van der Waals surface area contributed by atoms with Crippen molar-refractivity contribution in [1.29, 1.82) is 0 Å². The average molecular weight is 256 g/mol. The molecule has 1 aliphatic carbocycles. The van der Waals surface area contributed by atoms with Gasteiger partial charge in [-0.2, -0.15) is 5.10 Å².